The third kappa shape index (κ3) is 5.66. The van der Waals surface area contributed by atoms with Crippen LogP contribution in [0.3, 0.4) is 0 Å². The Bertz CT molecular complexity index is 1270. The summed E-state index contributed by atoms with van der Waals surface area (Å²) in [5, 5.41) is 16.2. The van der Waals surface area contributed by atoms with Gasteiger partial charge in [-0.25, -0.2) is 4.39 Å². The number of aromatic nitrogens is 4. The molecule has 2 aromatic heterocycles. The Morgan fingerprint density at radius 1 is 1.00 bits per heavy atom. The van der Waals surface area contributed by atoms with Gasteiger partial charge in [-0.05, 0) is 51.9 Å². The highest BCUT2D eigenvalue weighted by atomic mass is 79.9. The van der Waals surface area contributed by atoms with E-state index in [1.807, 2.05) is 12.3 Å². The van der Waals surface area contributed by atoms with E-state index < -0.39 is 0 Å². The maximum absolute atomic E-state index is 13.8. The molecule has 0 radical (unpaired) electrons. The Morgan fingerprint density at radius 3 is 2.59 bits per heavy atom. The number of nitrogens with one attached hydrogen (secondary N) is 2. The molecule has 0 amide bonds. The van der Waals surface area contributed by atoms with Gasteiger partial charge in [-0.1, -0.05) is 47.5 Å². The number of anilines is 2. The minimum Gasteiger partial charge on any atom is -0.316 e. The van der Waals surface area contributed by atoms with Crippen LogP contribution < -0.4 is 10.6 Å². The predicted octanol–water partition coefficient (Wildman–Crippen LogP) is 6.19. The third-order valence-corrected chi connectivity index (χ3v) is 5.97. The van der Waals surface area contributed by atoms with E-state index in [0.29, 0.717) is 45.4 Å². The van der Waals surface area contributed by atoms with E-state index in [1.54, 1.807) is 52.0 Å². The molecule has 6 nitrogen and oxygen atoms in total. The van der Waals surface area contributed by atoms with Gasteiger partial charge in [0, 0.05) is 24.0 Å². The summed E-state index contributed by atoms with van der Waals surface area (Å²) in [4.78, 5) is 0. The van der Waals surface area contributed by atoms with Crippen molar-refractivity contribution in [2.45, 2.75) is 13.1 Å². The van der Waals surface area contributed by atoms with E-state index >= 15 is 0 Å². The summed E-state index contributed by atoms with van der Waals surface area (Å²) >= 11 is 20.9. The zero-order valence-electron chi connectivity index (χ0n) is 16.4. The summed E-state index contributed by atoms with van der Waals surface area (Å²) in [7, 11) is 0. The molecule has 0 bridgehead atoms. The van der Waals surface area contributed by atoms with Crippen LogP contribution in [-0.2, 0) is 13.1 Å². The zero-order valence-corrected chi connectivity index (χ0v) is 20.3. The summed E-state index contributed by atoms with van der Waals surface area (Å²) < 4.78 is 18.0. The fourth-order valence-electron chi connectivity index (χ4n) is 2.96. The van der Waals surface area contributed by atoms with Crippen molar-refractivity contribution in [1.29, 1.82) is 0 Å². The first kappa shape index (κ1) is 22.7. The first-order valence-corrected chi connectivity index (χ1v) is 11.3. The number of halogens is 4. The van der Waals surface area contributed by atoms with Gasteiger partial charge in [0.25, 0.3) is 0 Å². The van der Waals surface area contributed by atoms with Crippen LogP contribution in [0.2, 0.25) is 10.0 Å². The summed E-state index contributed by atoms with van der Waals surface area (Å²) in [6, 6.07) is 13.8. The molecule has 0 unspecified atom stereocenters. The molecule has 2 N–H and O–H groups in total. The Morgan fingerprint density at radius 2 is 1.81 bits per heavy atom. The Balaban J connectivity index is 1.37. The van der Waals surface area contributed by atoms with Crippen LogP contribution in [0.5, 0.6) is 0 Å². The highest BCUT2D eigenvalue weighted by Gasteiger charge is 2.11. The first-order valence-electron chi connectivity index (χ1n) is 9.39. The van der Waals surface area contributed by atoms with Crippen LogP contribution in [0.15, 0.2) is 65.4 Å². The van der Waals surface area contributed by atoms with Crippen molar-refractivity contribution in [2.24, 2.45) is 0 Å². The summed E-state index contributed by atoms with van der Waals surface area (Å²) in [6.07, 6.45) is 3.58. The molecule has 0 fully saturated rings. The van der Waals surface area contributed by atoms with Crippen molar-refractivity contribution in [3.63, 3.8) is 0 Å². The summed E-state index contributed by atoms with van der Waals surface area (Å²) in [6.45, 7) is 0.830. The molecule has 0 aliphatic carbocycles. The summed E-state index contributed by atoms with van der Waals surface area (Å²) in [5.74, 6) is 0.814. The van der Waals surface area contributed by atoms with Crippen molar-refractivity contribution in [3.05, 3.63) is 92.4 Å². The molecule has 164 valence electrons. The molecule has 0 spiro atoms. The van der Waals surface area contributed by atoms with E-state index in [0.717, 1.165) is 10.0 Å². The van der Waals surface area contributed by atoms with Crippen LogP contribution >= 0.6 is 51.3 Å². The normalized spacial score (nSPS) is 10.9. The van der Waals surface area contributed by atoms with Gasteiger partial charge in [0.1, 0.15) is 5.82 Å². The lowest BCUT2D eigenvalue weighted by Crippen LogP contribution is -2.20. The quantitative estimate of drug-likeness (QED) is 0.279. The van der Waals surface area contributed by atoms with Crippen LogP contribution in [0.25, 0.3) is 0 Å². The lowest BCUT2D eigenvalue weighted by atomic mass is 10.2. The average molecular weight is 554 g/mol. The van der Waals surface area contributed by atoms with Gasteiger partial charge in [-0.2, -0.15) is 10.2 Å². The van der Waals surface area contributed by atoms with Gasteiger partial charge in [0.05, 0.1) is 27.6 Å². The second-order valence-corrected chi connectivity index (χ2v) is 8.92. The second-order valence-electron chi connectivity index (χ2n) is 6.84. The van der Waals surface area contributed by atoms with E-state index in [1.165, 1.54) is 6.07 Å². The van der Waals surface area contributed by atoms with Crippen molar-refractivity contribution < 1.29 is 4.39 Å². The van der Waals surface area contributed by atoms with Crippen LogP contribution in [0.4, 0.5) is 16.0 Å². The lowest BCUT2D eigenvalue weighted by Gasteiger charge is -2.07. The standard InChI is InChI=1S/C21H16BrCl2FN6S/c22-15-12-31(10-13-5-6-16(23)17(24)9-13)29-20(15)27-21(32)26-19-7-8-30(28-19)11-14-3-1-2-4-18(14)25/h1-9,12H,10-11H2,(H2,26,27,28,29,32). The highest BCUT2D eigenvalue weighted by molar-refractivity contribution is 9.10. The van der Waals surface area contributed by atoms with E-state index in [2.05, 4.69) is 36.8 Å². The predicted molar refractivity (Wildman–Crippen MR) is 133 cm³/mol. The first-order chi connectivity index (χ1) is 15.4. The van der Waals surface area contributed by atoms with E-state index in [4.69, 9.17) is 35.4 Å². The lowest BCUT2D eigenvalue weighted by molar-refractivity contribution is 0.586. The second kappa shape index (κ2) is 9.99. The van der Waals surface area contributed by atoms with Crippen molar-refractivity contribution in [2.75, 3.05) is 10.6 Å². The smallest absolute Gasteiger partial charge is 0.177 e. The molecule has 0 saturated carbocycles. The number of benzene rings is 2. The average Bonchev–Trinajstić information content (AvgIpc) is 3.32. The monoisotopic (exact) mass is 552 g/mol. The fraction of sp³-hybridized carbons (Fsp3) is 0.0952. The molecular weight excluding hydrogens is 538 g/mol. The molecule has 0 aliphatic heterocycles. The molecule has 0 saturated heterocycles. The number of hydrogen-bond donors (Lipinski definition) is 2. The van der Waals surface area contributed by atoms with E-state index in [-0.39, 0.29) is 5.82 Å². The minimum atomic E-state index is -0.268. The van der Waals surface area contributed by atoms with Crippen LogP contribution in [0.1, 0.15) is 11.1 Å². The van der Waals surface area contributed by atoms with Crippen LogP contribution in [-0.4, -0.2) is 24.7 Å². The number of thiocarbonyl (C=S) groups is 1. The molecule has 2 aromatic carbocycles. The minimum absolute atomic E-state index is 0.268. The number of hydrogen-bond acceptors (Lipinski definition) is 3. The SMILES string of the molecule is Fc1ccccc1Cn1ccc(NC(=S)Nc2nn(Cc3ccc(Cl)c(Cl)c3)cc2Br)n1. The number of rotatable bonds is 6. The van der Waals surface area contributed by atoms with Gasteiger partial charge in [-0.15, -0.1) is 0 Å². The Labute approximate surface area is 207 Å². The van der Waals surface area contributed by atoms with Gasteiger partial charge in [0.2, 0.25) is 0 Å². The molecular formula is C21H16BrCl2FN6S. The molecule has 11 heteroatoms. The maximum Gasteiger partial charge on any atom is 0.177 e. The topological polar surface area (TPSA) is 59.7 Å². The zero-order chi connectivity index (χ0) is 22.7. The molecule has 32 heavy (non-hydrogen) atoms. The van der Waals surface area contributed by atoms with Crippen molar-refractivity contribution >= 4 is 68.1 Å². The largest absolute Gasteiger partial charge is 0.316 e. The molecule has 2 heterocycles. The molecule has 0 aliphatic rings. The van der Waals surface area contributed by atoms with Crippen LogP contribution in [0, 0.1) is 5.82 Å². The van der Waals surface area contributed by atoms with Gasteiger partial charge >= 0.3 is 0 Å². The van der Waals surface area contributed by atoms with Gasteiger partial charge in [0.15, 0.2) is 16.7 Å². The third-order valence-electron chi connectivity index (χ3n) is 4.45. The van der Waals surface area contributed by atoms with E-state index in [9.17, 15) is 4.39 Å². The summed E-state index contributed by atoms with van der Waals surface area (Å²) in [5.41, 5.74) is 1.52. The Hall–Kier alpha value is -2.46. The van der Waals surface area contributed by atoms with Crippen molar-refractivity contribution in [1.82, 2.24) is 19.6 Å². The van der Waals surface area contributed by atoms with Crippen molar-refractivity contribution in [3.8, 4) is 0 Å². The maximum atomic E-state index is 13.8. The van der Waals surface area contributed by atoms with Gasteiger partial charge < -0.3 is 10.6 Å². The fourth-order valence-corrected chi connectivity index (χ4v) is 3.90. The molecule has 4 rings (SSSR count). The molecule has 0 atom stereocenters. The van der Waals surface area contributed by atoms with Gasteiger partial charge in [-0.3, -0.25) is 9.36 Å². The Kier molecular flexibility index (Phi) is 7.10. The highest BCUT2D eigenvalue weighted by Crippen LogP contribution is 2.25. The number of nitrogens with zero attached hydrogens (tertiary/aromatic N) is 4. The molecule has 4 aromatic rings.